The van der Waals surface area contributed by atoms with Crippen molar-refractivity contribution < 1.29 is 22.4 Å². The Balaban J connectivity index is 1.02. The van der Waals surface area contributed by atoms with Crippen molar-refractivity contribution in [1.29, 1.82) is 0 Å². The van der Waals surface area contributed by atoms with Crippen LogP contribution in [0.25, 0.3) is 22.4 Å². The zero-order chi connectivity index (χ0) is 31.9. The van der Waals surface area contributed by atoms with E-state index in [1.54, 1.807) is 6.07 Å². The summed E-state index contributed by atoms with van der Waals surface area (Å²) in [5, 5.41) is 0. The first-order chi connectivity index (χ1) is 22.3. The molecule has 1 saturated heterocycles. The van der Waals surface area contributed by atoms with Crippen LogP contribution in [-0.4, -0.2) is 52.6 Å². The van der Waals surface area contributed by atoms with Crippen molar-refractivity contribution in [2.45, 2.75) is 39.0 Å². The van der Waals surface area contributed by atoms with Gasteiger partial charge in [0.15, 0.2) is 0 Å². The van der Waals surface area contributed by atoms with Crippen molar-refractivity contribution in [3.05, 3.63) is 119 Å². The molecule has 6 nitrogen and oxygen atoms in total. The molecule has 0 radical (unpaired) electrons. The monoisotopic (exact) mass is 646 g/mol. The van der Waals surface area contributed by atoms with Gasteiger partial charge in [0.2, 0.25) is 0 Å². The predicted octanol–water partition coefficient (Wildman–Crippen LogP) is 8.28. The number of rotatable bonds is 12. The van der Waals surface area contributed by atoms with Gasteiger partial charge in [0.25, 0.3) is 0 Å². The van der Waals surface area contributed by atoms with E-state index in [-0.39, 0.29) is 0 Å². The average Bonchev–Trinajstić information content (AvgIpc) is 3.49. The molecule has 0 aliphatic carbocycles. The maximum Gasteiger partial charge on any atom is 0.416 e. The van der Waals surface area contributed by atoms with E-state index in [1.807, 2.05) is 25.1 Å². The van der Waals surface area contributed by atoms with Crippen molar-refractivity contribution in [2.75, 3.05) is 32.8 Å². The molecule has 2 heterocycles. The molecule has 46 heavy (non-hydrogen) atoms. The molecular weight excluding hydrogens is 608 g/mol. The van der Waals surface area contributed by atoms with Gasteiger partial charge in [-0.1, -0.05) is 60.7 Å². The second-order valence-electron chi connectivity index (χ2n) is 11.5. The number of aromatic nitrogens is 2. The first kappa shape index (κ1) is 32.2. The molecule has 1 N–H and O–H groups in total. The topological polar surface area (TPSA) is 53.6 Å². The van der Waals surface area contributed by atoms with Crippen LogP contribution in [0.5, 0.6) is 5.75 Å². The Kier molecular flexibility index (Phi) is 10.3. The Morgan fingerprint density at radius 2 is 1.57 bits per heavy atom. The van der Waals surface area contributed by atoms with Crippen molar-refractivity contribution in [3.8, 4) is 17.1 Å². The standard InChI is InChI=1S/C36H38F3N4O2P/c1-2-45-46-25-28-8-5-7-27(19-28)24-44-34-12-4-3-9-30(34)23-43-17-15-42(16-18-43)22-26-13-14-32-33(20-26)41-35(40-32)29-10-6-11-31(21-29)36(37,38)39/h3-14,19-21,46H,2,15-18,22-25H2,1H3,(H,40,41). The Bertz CT molecular complexity index is 1750. The van der Waals surface area contributed by atoms with Crippen LogP contribution in [0.3, 0.4) is 0 Å². The van der Waals surface area contributed by atoms with Crippen molar-refractivity contribution in [2.24, 2.45) is 0 Å². The molecule has 1 aliphatic rings. The van der Waals surface area contributed by atoms with Gasteiger partial charge in [-0.2, -0.15) is 13.2 Å². The number of hydrogen-bond donors (Lipinski definition) is 1. The van der Waals surface area contributed by atoms with Crippen molar-refractivity contribution in [1.82, 2.24) is 19.8 Å². The minimum atomic E-state index is -4.40. The van der Waals surface area contributed by atoms with Crippen LogP contribution in [0.4, 0.5) is 13.2 Å². The molecule has 0 saturated carbocycles. The highest BCUT2D eigenvalue weighted by Crippen LogP contribution is 2.32. The number of halogens is 3. The highest BCUT2D eigenvalue weighted by atomic mass is 31.1. The van der Waals surface area contributed by atoms with Crippen LogP contribution in [-0.2, 0) is 36.6 Å². The smallest absolute Gasteiger partial charge is 0.416 e. The highest BCUT2D eigenvalue weighted by molar-refractivity contribution is 7.31. The van der Waals surface area contributed by atoms with Gasteiger partial charge in [-0.3, -0.25) is 9.80 Å². The maximum atomic E-state index is 13.2. The van der Waals surface area contributed by atoms with E-state index in [2.05, 4.69) is 68.3 Å². The summed E-state index contributed by atoms with van der Waals surface area (Å²) < 4.78 is 51.5. The molecule has 0 spiro atoms. The SMILES string of the molecule is CCOPCc1cccc(COc2ccccc2CN2CCN(Cc3ccc4nc(-c5cccc(C(F)(F)F)c5)[nH]c4c3)CC2)c1. The molecule has 1 aromatic heterocycles. The Morgan fingerprint density at radius 1 is 0.804 bits per heavy atom. The van der Waals surface area contributed by atoms with Crippen LogP contribution in [0.15, 0.2) is 91.0 Å². The zero-order valence-electron chi connectivity index (χ0n) is 25.8. The summed E-state index contributed by atoms with van der Waals surface area (Å²) in [5.74, 6) is 1.35. The first-order valence-electron chi connectivity index (χ1n) is 15.6. The number of nitrogens with zero attached hydrogens (tertiary/aromatic N) is 3. The fraction of sp³-hybridized carbons (Fsp3) is 0.306. The fourth-order valence-corrected chi connectivity index (χ4v) is 6.43. The number of ether oxygens (including phenoxy) is 1. The predicted molar refractivity (Wildman–Crippen MR) is 178 cm³/mol. The first-order valence-corrected chi connectivity index (χ1v) is 16.7. The van der Waals surface area contributed by atoms with Gasteiger partial charge in [0, 0.05) is 72.0 Å². The van der Waals surface area contributed by atoms with E-state index >= 15 is 0 Å². The molecule has 0 bridgehead atoms. The minimum Gasteiger partial charge on any atom is -0.489 e. The van der Waals surface area contributed by atoms with Gasteiger partial charge < -0.3 is 14.2 Å². The summed E-state index contributed by atoms with van der Waals surface area (Å²) in [4.78, 5) is 12.7. The lowest BCUT2D eigenvalue weighted by molar-refractivity contribution is -0.137. The van der Waals surface area contributed by atoms with Crippen LogP contribution in [0.1, 0.15) is 34.7 Å². The second-order valence-corrected chi connectivity index (χ2v) is 12.5. The number of fused-ring (bicyclic) bond motifs is 1. The van der Waals surface area contributed by atoms with Gasteiger partial charge in [-0.05, 0) is 53.9 Å². The summed E-state index contributed by atoms with van der Waals surface area (Å²) in [6.45, 7) is 8.69. The Labute approximate surface area is 269 Å². The molecule has 6 rings (SSSR count). The lowest BCUT2D eigenvalue weighted by Crippen LogP contribution is -2.45. The average molecular weight is 647 g/mol. The maximum absolute atomic E-state index is 13.2. The third-order valence-corrected chi connectivity index (χ3v) is 9.20. The normalized spacial score (nSPS) is 14.9. The van der Waals surface area contributed by atoms with E-state index in [0.29, 0.717) is 26.8 Å². The number of hydrogen-bond acceptors (Lipinski definition) is 5. The third-order valence-electron chi connectivity index (χ3n) is 8.16. The zero-order valence-corrected chi connectivity index (χ0v) is 26.8. The van der Waals surface area contributed by atoms with Gasteiger partial charge in [-0.15, -0.1) is 0 Å². The van der Waals surface area contributed by atoms with Crippen LogP contribution < -0.4 is 4.74 Å². The summed E-state index contributed by atoms with van der Waals surface area (Å²) in [5.41, 5.74) is 6.03. The van der Waals surface area contributed by atoms with Crippen molar-refractivity contribution in [3.63, 3.8) is 0 Å². The summed E-state index contributed by atoms with van der Waals surface area (Å²) in [7, 11) is 0.478. The van der Waals surface area contributed by atoms with Gasteiger partial charge in [-0.25, -0.2) is 4.98 Å². The number of para-hydroxylation sites is 1. The van der Waals surface area contributed by atoms with E-state index in [9.17, 15) is 13.2 Å². The van der Waals surface area contributed by atoms with E-state index < -0.39 is 11.7 Å². The van der Waals surface area contributed by atoms with Gasteiger partial charge in [0.05, 0.1) is 16.6 Å². The third kappa shape index (κ3) is 8.34. The highest BCUT2D eigenvalue weighted by Gasteiger charge is 2.30. The lowest BCUT2D eigenvalue weighted by atomic mass is 10.1. The number of nitrogens with one attached hydrogen (secondary N) is 1. The number of imidazole rings is 1. The fourth-order valence-electron chi connectivity index (χ4n) is 5.74. The van der Waals surface area contributed by atoms with E-state index in [1.165, 1.54) is 17.2 Å². The minimum absolute atomic E-state index is 0.415. The summed E-state index contributed by atoms with van der Waals surface area (Å²) >= 11 is 0. The molecule has 240 valence electrons. The van der Waals surface area contributed by atoms with E-state index in [4.69, 9.17) is 9.26 Å². The molecular formula is C36H38F3N4O2P. The lowest BCUT2D eigenvalue weighted by Gasteiger charge is -2.35. The molecule has 1 unspecified atom stereocenters. The number of aromatic amines is 1. The van der Waals surface area contributed by atoms with Gasteiger partial charge >= 0.3 is 6.18 Å². The molecule has 1 aliphatic heterocycles. The molecule has 4 aromatic carbocycles. The Morgan fingerprint density at radius 3 is 2.37 bits per heavy atom. The molecule has 10 heteroatoms. The number of piperazine rings is 1. The number of benzene rings is 4. The van der Waals surface area contributed by atoms with Crippen LogP contribution in [0.2, 0.25) is 0 Å². The van der Waals surface area contributed by atoms with Crippen LogP contribution in [0, 0.1) is 0 Å². The largest absolute Gasteiger partial charge is 0.489 e. The van der Waals surface area contributed by atoms with Crippen molar-refractivity contribution >= 4 is 19.8 Å². The Hall–Kier alpha value is -3.75. The summed E-state index contributed by atoms with van der Waals surface area (Å²) in [6, 6.07) is 28.1. The molecule has 0 amide bonds. The molecule has 1 atom stereocenters. The van der Waals surface area contributed by atoms with Crippen LogP contribution >= 0.6 is 8.81 Å². The van der Waals surface area contributed by atoms with Gasteiger partial charge in [0.1, 0.15) is 18.2 Å². The van der Waals surface area contributed by atoms with E-state index in [0.717, 1.165) is 92.1 Å². The quantitative estimate of drug-likeness (QED) is 0.109. The molecule has 5 aromatic rings. The second kappa shape index (κ2) is 14.8. The number of H-pyrrole nitrogens is 1. The summed E-state index contributed by atoms with van der Waals surface area (Å²) in [6.07, 6.45) is -3.47. The number of alkyl halides is 3. The molecule has 1 fully saturated rings.